The van der Waals surface area contributed by atoms with Crippen LogP contribution in [0.15, 0.2) is 24.3 Å². The Morgan fingerprint density at radius 2 is 1.89 bits per heavy atom. The fourth-order valence-electron chi connectivity index (χ4n) is 1.76. The van der Waals surface area contributed by atoms with Crippen molar-refractivity contribution in [1.29, 1.82) is 0 Å². The Bertz CT molecular complexity index is 635. The maximum atomic E-state index is 11.2. The zero-order chi connectivity index (χ0) is 13.5. The smallest absolute Gasteiger partial charge is 0.315 e. The number of hydrogen-bond acceptors (Lipinski definition) is 2. The van der Waals surface area contributed by atoms with Gasteiger partial charge in [0.2, 0.25) is 0 Å². The minimum Gasteiger partial charge on any atom is -0.481 e. The highest BCUT2D eigenvalue weighted by atomic mass is 35.5. The number of aryl methyl sites for hydroxylation is 1. The number of aromatic nitrogens is 1. The lowest BCUT2D eigenvalue weighted by Gasteiger charge is -2.19. The van der Waals surface area contributed by atoms with Crippen LogP contribution in [0.1, 0.15) is 25.1 Å². The molecular formula is C14H14ClNO2. The summed E-state index contributed by atoms with van der Waals surface area (Å²) in [6, 6.07) is 7.34. The summed E-state index contributed by atoms with van der Waals surface area (Å²) in [5, 5.41) is 10.8. The van der Waals surface area contributed by atoms with Gasteiger partial charge >= 0.3 is 5.97 Å². The molecule has 0 amide bonds. The van der Waals surface area contributed by atoms with E-state index in [4.69, 9.17) is 11.6 Å². The predicted octanol–water partition coefficient (Wildman–Crippen LogP) is 3.56. The second kappa shape index (κ2) is 4.25. The summed E-state index contributed by atoms with van der Waals surface area (Å²) in [5.74, 6) is -0.894. The van der Waals surface area contributed by atoms with Crippen LogP contribution in [0.25, 0.3) is 10.9 Å². The van der Waals surface area contributed by atoms with Crippen LogP contribution in [0.4, 0.5) is 0 Å². The topological polar surface area (TPSA) is 50.2 Å². The van der Waals surface area contributed by atoms with Crippen LogP contribution in [0.5, 0.6) is 0 Å². The Morgan fingerprint density at radius 1 is 1.28 bits per heavy atom. The van der Waals surface area contributed by atoms with Gasteiger partial charge in [0, 0.05) is 10.4 Å². The average molecular weight is 264 g/mol. The van der Waals surface area contributed by atoms with Gasteiger partial charge in [-0.15, -0.1) is 0 Å². The molecule has 0 spiro atoms. The molecule has 0 atom stereocenters. The van der Waals surface area contributed by atoms with Crippen molar-refractivity contribution in [2.75, 3.05) is 0 Å². The predicted molar refractivity (Wildman–Crippen MR) is 72.2 cm³/mol. The summed E-state index contributed by atoms with van der Waals surface area (Å²) in [5.41, 5.74) is 1.16. The van der Waals surface area contributed by atoms with Gasteiger partial charge in [0.25, 0.3) is 0 Å². The fraction of sp³-hybridized carbons (Fsp3) is 0.286. The lowest BCUT2D eigenvalue weighted by Crippen LogP contribution is -2.29. The van der Waals surface area contributed by atoms with Gasteiger partial charge < -0.3 is 5.11 Å². The summed E-state index contributed by atoms with van der Waals surface area (Å²) >= 11 is 6.06. The van der Waals surface area contributed by atoms with E-state index in [0.717, 1.165) is 16.5 Å². The number of benzene rings is 1. The third-order valence-corrected chi connectivity index (χ3v) is 3.63. The normalized spacial score (nSPS) is 11.8. The van der Waals surface area contributed by atoms with Crippen LogP contribution in [-0.2, 0) is 10.2 Å². The van der Waals surface area contributed by atoms with Crippen LogP contribution in [-0.4, -0.2) is 16.1 Å². The second-order valence-corrected chi connectivity index (χ2v) is 5.28. The van der Waals surface area contributed by atoms with Gasteiger partial charge in [-0.25, -0.2) is 0 Å². The van der Waals surface area contributed by atoms with E-state index in [1.807, 2.05) is 25.1 Å². The molecule has 3 nitrogen and oxygen atoms in total. The van der Waals surface area contributed by atoms with Crippen molar-refractivity contribution in [3.05, 3.63) is 40.5 Å². The maximum Gasteiger partial charge on any atom is 0.315 e. The number of pyridine rings is 1. The number of nitrogens with zero attached hydrogens (tertiary/aromatic N) is 1. The summed E-state index contributed by atoms with van der Waals surface area (Å²) in [6.07, 6.45) is 0. The first-order chi connectivity index (χ1) is 8.34. The average Bonchev–Trinajstić information content (AvgIpc) is 2.33. The van der Waals surface area contributed by atoms with Crippen molar-refractivity contribution in [2.45, 2.75) is 26.2 Å². The lowest BCUT2D eigenvalue weighted by atomic mass is 9.88. The molecule has 4 heteroatoms. The minimum absolute atomic E-state index is 0.535. The maximum absolute atomic E-state index is 11.2. The molecule has 1 aromatic heterocycles. The summed E-state index contributed by atoms with van der Waals surface area (Å²) < 4.78 is 0. The molecule has 0 saturated carbocycles. The standard InChI is InChI=1S/C14H14ClNO2/c1-8-10(15)6-4-9-5-7-11(16-12(8)9)14(2,3)13(17)18/h4-7H,1-3H3,(H,17,18). The van der Waals surface area contributed by atoms with Crippen molar-refractivity contribution in [1.82, 2.24) is 4.98 Å². The fourth-order valence-corrected chi connectivity index (χ4v) is 1.92. The largest absolute Gasteiger partial charge is 0.481 e. The minimum atomic E-state index is -1.01. The third kappa shape index (κ3) is 1.95. The Kier molecular flexibility index (Phi) is 3.03. The number of hydrogen-bond donors (Lipinski definition) is 1. The van der Waals surface area contributed by atoms with Gasteiger partial charge in [-0.2, -0.15) is 0 Å². The monoisotopic (exact) mass is 263 g/mol. The Morgan fingerprint density at radius 3 is 2.50 bits per heavy atom. The van der Waals surface area contributed by atoms with E-state index < -0.39 is 11.4 Å². The molecule has 94 valence electrons. The molecule has 0 bridgehead atoms. The SMILES string of the molecule is Cc1c(Cl)ccc2ccc(C(C)(C)C(=O)O)nc12. The van der Waals surface area contributed by atoms with E-state index in [1.165, 1.54) is 0 Å². The summed E-state index contributed by atoms with van der Waals surface area (Å²) in [6.45, 7) is 5.17. The molecule has 1 heterocycles. The number of rotatable bonds is 2. The van der Waals surface area contributed by atoms with E-state index in [1.54, 1.807) is 19.9 Å². The zero-order valence-electron chi connectivity index (χ0n) is 10.5. The van der Waals surface area contributed by atoms with Gasteiger partial charge in [0.1, 0.15) is 5.41 Å². The second-order valence-electron chi connectivity index (χ2n) is 4.87. The van der Waals surface area contributed by atoms with Crippen molar-refractivity contribution in [3.8, 4) is 0 Å². The van der Waals surface area contributed by atoms with E-state index in [-0.39, 0.29) is 0 Å². The van der Waals surface area contributed by atoms with Crippen molar-refractivity contribution < 1.29 is 9.90 Å². The number of halogens is 1. The molecule has 1 N–H and O–H groups in total. The molecule has 2 aromatic rings. The van der Waals surface area contributed by atoms with E-state index in [9.17, 15) is 9.90 Å². The molecule has 0 aliphatic heterocycles. The molecule has 0 unspecified atom stereocenters. The quantitative estimate of drug-likeness (QED) is 0.901. The Labute approximate surface area is 110 Å². The first-order valence-electron chi connectivity index (χ1n) is 5.64. The van der Waals surface area contributed by atoms with Crippen molar-refractivity contribution in [2.24, 2.45) is 0 Å². The van der Waals surface area contributed by atoms with Crippen LogP contribution < -0.4 is 0 Å². The van der Waals surface area contributed by atoms with Crippen LogP contribution in [0.3, 0.4) is 0 Å². The number of fused-ring (bicyclic) bond motifs is 1. The van der Waals surface area contributed by atoms with Gasteiger partial charge in [-0.05, 0) is 38.5 Å². The van der Waals surface area contributed by atoms with E-state index in [2.05, 4.69) is 4.98 Å². The number of carbonyl (C=O) groups is 1. The summed E-state index contributed by atoms with van der Waals surface area (Å²) in [7, 11) is 0. The van der Waals surface area contributed by atoms with Crippen molar-refractivity contribution >= 4 is 28.5 Å². The molecule has 0 saturated heterocycles. The lowest BCUT2D eigenvalue weighted by molar-refractivity contribution is -0.142. The first-order valence-corrected chi connectivity index (χ1v) is 6.01. The molecule has 2 rings (SSSR count). The van der Waals surface area contributed by atoms with Gasteiger partial charge in [0.05, 0.1) is 11.2 Å². The van der Waals surface area contributed by atoms with Crippen LogP contribution >= 0.6 is 11.6 Å². The van der Waals surface area contributed by atoms with E-state index >= 15 is 0 Å². The number of carboxylic acids is 1. The van der Waals surface area contributed by atoms with Crippen molar-refractivity contribution in [3.63, 3.8) is 0 Å². The number of aliphatic carboxylic acids is 1. The van der Waals surface area contributed by atoms with E-state index in [0.29, 0.717) is 10.7 Å². The van der Waals surface area contributed by atoms with Gasteiger partial charge in [0.15, 0.2) is 0 Å². The van der Waals surface area contributed by atoms with Gasteiger partial charge in [-0.1, -0.05) is 23.7 Å². The Hall–Kier alpha value is -1.61. The highest BCUT2D eigenvalue weighted by Crippen LogP contribution is 2.28. The molecule has 18 heavy (non-hydrogen) atoms. The molecule has 0 radical (unpaired) electrons. The molecule has 0 aliphatic rings. The number of carboxylic acid groups (broad SMARTS) is 1. The molecule has 1 aromatic carbocycles. The van der Waals surface area contributed by atoms with Crippen LogP contribution in [0, 0.1) is 6.92 Å². The molecule has 0 fully saturated rings. The van der Waals surface area contributed by atoms with Gasteiger partial charge in [-0.3, -0.25) is 9.78 Å². The highest BCUT2D eigenvalue weighted by Gasteiger charge is 2.31. The zero-order valence-corrected chi connectivity index (χ0v) is 11.2. The molecule has 0 aliphatic carbocycles. The van der Waals surface area contributed by atoms with Crippen LogP contribution in [0.2, 0.25) is 5.02 Å². The first kappa shape index (κ1) is 12.8. The highest BCUT2D eigenvalue weighted by molar-refractivity contribution is 6.32. The summed E-state index contributed by atoms with van der Waals surface area (Å²) in [4.78, 5) is 15.7. The molecular weight excluding hydrogens is 250 g/mol. The third-order valence-electron chi connectivity index (χ3n) is 3.22. The Balaban J connectivity index is 2.71.